The van der Waals surface area contributed by atoms with Crippen molar-refractivity contribution in [1.29, 1.82) is 0 Å². The maximum Gasteiger partial charge on any atom is 0.258 e. The molecule has 3 heteroatoms. The van der Waals surface area contributed by atoms with Gasteiger partial charge >= 0.3 is 0 Å². The number of para-hydroxylation sites is 1. The number of anilines is 1. The van der Waals surface area contributed by atoms with E-state index >= 15 is 0 Å². The van der Waals surface area contributed by atoms with E-state index < -0.39 is 5.66 Å². The Balaban J connectivity index is 2.24. The average Bonchev–Trinajstić information content (AvgIpc) is 2.55. The predicted molar refractivity (Wildman–Crippen MR) is 89.7 cm³/mol. The molecular weight excluding hydrogens is 272 g/mol. The van der Waals surface area contributed by atoms with Gasteiger partial charge in [0.15, 0.2) is 0 Å². The quantitative estimate of drug-likeness (QED) is 0.925. The summed E-state index contributed by atoms with van der Waals surface area (Å²) < 4.78 is 0. The lowest BCUT2D eigenvalue weighted by molar-refractivity contribution is 0.0379. The van der Waals surface area contributed by atoms with Gasteiger partial charge in [0.05, 0.1) is 5.56 Å². The van der Waals surface area contributed by atoms with E-state index in [1.165, 1.54) is 0 Å². The Bertz CT molecular complexity index is 681. The molecule has 1 aliphatic heterocycles. The molecule has 2 aromatic rings. The van der Waals surface area contributed by atoms with Gasteiger partial charge in [0, 0.05) is 12.2 Å². The number of rotatable bonds is 3. The predicted octanol–water partition coefficient (Wildman–Crippen LogP) is 4.08. The van der Waals surface area contributed by atoms with Gasteiger partial charge in [-0.05, 0) is 30.5 Å². The van der Waals surface area contributed by atoms with Gasteiger partial charge in [0.2, 0.25) is 0 Å². The molecular formula is C19H22N2O. The minimum Gasteiger partial charge on any atom is -0.358 e. The molecule has 0 bridgehead atoms. The molecule has 1 N–H and O–H groups in total. The second kappa shape index (κ2) is 5.48. The molecule has 3 nitrogen and oxygen atoms in total. The molecule has 1 atom stereocenters. The largest absolute Gasteiger partial charge is 0.358 e. The molecule has 1 amide bonds. The van der Waals surface area contributed by atoms with E-state index in [1.54, 1.807) is 0 Å². The Morgan fingerprint density at radius 3 is 2.32 bits per heavy atom. The molecule has 1 aliphatic rings. The fourth-order valence-corrected chi connectivity index (χ4v) is 3.46. The Hall–Kier alpha value is -2.29. The normalized spacial score (nSPS) is 20.7. The van der Waals surface area contributed by atoms with E-state index in [0.717, 1.165) is 16.8 Å². The van der Waals surface area contributed by atoms with Crippen LogP contribution in [0.2, 0.25) is 0 Å². The van der Waals surface area contributed by atoms with Crippen molar-refractivity contribution in [2.45, 2.75) is 26.4 Å². The number of carbonyl (C=O) groups is 1. The van der Waals surface area contributed by atoms with Gasteiger partial charge in [0.25, 0.3) is 5.91 Å². The summed E-state index contributed by atoms with van der Waals surface area (Å²) in [5, 5.41) is 3.66. The minimum atomic E-state index is -0.512. The van der Waals surface area contributed by atoms with Crippen LogP contribution in [-0.2, 0) is 5.66 Å². The van der Waals surface area contributed by atoms with Gasteiger partial charge in [-0.3, -0.25) is 4.79 Å². The molecule has 2 aromatic carbocycles. The number of amides is 1. The molecule has 1 heterocycles. The van der Waals surface area contributed by atoms with E-state index in [1.807, 2.05) is 54.3 Å². The van der Waals surface area contributed by atoms with Crippen LogP contribution >= 0.6 is 0 Å². The number of fused-ring (bicyclic) bond motifs is 1. The standard InChI is InChI=1S/C19H22N2O/c1-4-21-18(22)16-12-8-9-13-17(16)20-19(21,14(2)3)15-10-6-5-7-11-15/h5-14,20H,4H2,1-3H3. The lowest BCUT2D eigenvalue weighted by Gasteiger charge is -2.51. The highest BCUT2D eigenvalue weighted by molar-refractivity contribution is 6.02. The zero-order chi connectivity index (χ0) is 15.7. The number of hydrogen-bond donors (Lipinski definition) is 1. The molecule has 0 saturated heterocycles. The third-order valence-electron chi connectivity index (χ3n) is 4.52. The Morgan fingerprint density at radius 2 is 1.68 bits per heavy atom. The van der Waals surface area contributed by atoms with Crippen molar-refractivity contribution in [3.8, 4) is 0 Å². The van der Waals surface area contributed by atoms with Gasteiger partial charge in [-0.25, -0.2) is 0 Å². The molecule has 0 aromatic heterocycles. The summed E-state index contributed by atoms with van der Waals surface area (Å²) in [6.45, 7) is 7.01. The fraction of sp³-hybridized carbons (Fsp3) is 0.316. The van der Waals surface area contributed by atoms with Crippen molar-refractivity contribution in [3.63, 3.8) is 0 Å². The second-order valence-corrected chi connectivity index (χ2v) is 6.01. The number of benzene rings is 2. The van der Waals surface area contributed by atoms with Crippen LogP contribution in [-0.4, -0.2) is 17.4 Å². The Morgan fingerprint density at radius 1 is 1.05 bits per heavy atom. The zero-order valence-corrected chi connectivity index (χ0v) is 13.3. The van der Waals surface area contributed by atoms with Gasteiger partial charge in [-0.15, -0.1) is 0 Å². The molecule has 3 rings (SSSR count). The smallest absolute Gasteiger partial charge is 0.258 e. The van der Waals surface area contributed by atoms with Gasteiger partial charge in [0.1, 0.15) is 5.66 Å². The first-order valence-electron chi connectivity index (χ1n) is 7.86. The summed E-state index contributed by atoms with van der Waals surface area (Å²) in [5.74, 6) is 0.321. The Kier molecular flexibility index (Phi) is 3.65. The van der Waals surface area contributed by atoms with Crippen molar-refractivity contribution < 1.29 is 4.79 Å². The molecule has 1 unspecified atom stereocenters. The third kappa shape index (κ3) is 2.00. The molecule has 22 heavy (non-hydrogen) atoms. The van der Waals surface area contributed by atoms with E-state index in [-0.39, 0.29) is 11.8 Å². The monoisotopic (exact) mass is 294 g/mol. The van der Waals surface area contributed by atoms with Crippen molar-refractivity contribution in [2.24, 2.45) is 5.92 Å². The van der Waals surface area contributed by atoms with E-state index in [2.05, 4.69) is 31.3 Å². The first-order chi connectivity index (χ1) is 10.6. The summed E-state index contributed by atoms with van der Waals surface area (Å²) in [5.41, 5.74) is 2.27. The van der Waals surface area contributed by atoms with Crippen LogP contribution in [0.15, 0.2) is 54.6 Å². The summed E-state index contributed by atoms with van der Waals surface area (Å²) in [6, 6.07) is 18.0. The average molecular weight is 294 g/mol. The van der Waals surface area contributed by atoms with Crippen LogP contribution in [0.3, 0.4) is 0 Å². The van der Waals surface area contributed by atoms with Gasteiger partial charge in [-0.1, -0.05) is 56.3 Å². The van der Waals surface area contributed by atoms with E-state index in [9.17, 15) is 4.79 Å². The molecule has 0 fully saturated rings. The third-order valence-corrected chi connectivity index (χ3v) is 4.52. The number of carbonyl (C=O) groups excluding carboxylic acids is 1. The van der Waals surface area contributed by atoms with Crippen LogP contribution in [0.25, 0.3) is 0 Å². The van der Waals surface area contributed by atoms with Crippen LogP contribution in [0.4, 0.5) is 5.69 Å². The van der Waals surface area contributed by atoms with E-state index in [4.69, 9.17) is 0 Å². The minimum absolute atomic E-state index is 0.0920. The summed E-state index contributed by atoms with van der Waals surface area (Å²) >= 11 is 0. The molecule has 114 valence electrons. The lowest BCUT2D eigenvalue weighted by Crippen LogP contribution is -2.60. The highest BCUT2D eigenvalue weighted by atomic mass is 16.2. The molecule has 0 saturated carbocycles. The van der Waals surface area contributed by atoms with Crippen LogP contribution in [0.5, 0.6) is 0 Å². The number of nitrogens with zero attached hydrogens (tertiary/aromatic N) is 1. The first-order valence-corrected chi connectivity index (χ1v) is 7.86. The van der Waals surface area contributed by atoms with Crippen molar-refractivity contribution in [3.05, 3.63) is 65.7 Å². The van der Waals surface area contributed by atoms with Crippen molar-refractivity contribution in [2.75, 3.05) is 11.9 Å². The van der Waals surface area contributed by atoms with Crippen molar-refractivity contribution in [1.82, 2.24) is 4.90 Å². The van der Waals surface area contributed by atoms with Gasteiger partial charge < -0.3 is 10.2 Å². The summed E-state index contributed by atoms with van der Waals surface area (Å²) in [7, 11) is 0. The lowest BCUT2D eigenvalue weighted by atomic mass is 9.83. The van der Waals surface area contributed by atoms with Crippen LogP contribution in [0.1, 0.15) is 36.7 Å². The fourth-order valence-electron chi connectivity index (χ4n) is 3.46. The zero-order valence-electron chi connectivity index (χ0n) is 13.3. The van der Waals surface area contributed by atoms with Gasteiger partial charge in [-0.2, -0.15) is 0 Å². The number of hydrogen-bond acceptors (Lipinski definition) is 2. The Labute approximate surface area is 132 Å². The summed E-state index contributed by atoms with van der Waals surface area (Å²) in [6.07, 6.45) is 0. The SMILES string of the molecule is CCN1C(=O)c2ccccc2NC1(c1ccccc1)C(C)C. The van der Waals surface area contributed by atoms with Crippen LogP contribution < -0.4 is 5.32 Å². The molecule has 0 aliphatic carbocycles. The summed E-state index contributed by atoms with van der Waals surface area (Å²) in [4.78, 5) is 15.0. The number of nitrogens with one attached hydrogen (secondary N) is 1. The highest BCUT2D eigenvalue weighted by Crippen LogP contribution is 2.42. The van der Waals surface area contributed by atoms with Crippen LogP contribution in [0, 0.1) is 5.92 Å². The maximum atomic E-state index is 13.0. The highest BCUT2D eigenvalue weighted by Gasteiger charge is 2.47. The van der Waals surface area contributed by atoms with E-state index in [0.29, 0.717) is 6.54 Å². The van der Waals surface area contributed by atoms with Crippen molar-refractivity contribution >= 4 is 11.6 Å². The first kappa shape index (κ1) is 14.6. The topological polar surface area (TPSA) is 32.3 Å². The molecule has 0 radical (unpaired) electrons. The molecule has 0 spiro atoms. The maximum absolute atomic E-state index is 13.0. The second-order valence-electron chi connectivity index (χ2n) is 6.01.